The number of amides is 1. The summed E-state index contributed by atoms with van der Waals surface area (Å²) in [4.78, 5) is 13.9. The monoisotopic (exact) mass is 471 g/mol. The lowest BCUT2D eigenvalue weighted by Gasteiger charge is -2.10. The summed E-state index contributed by atoms with van der Waals surface area (Å²) in [6.07, 6.45) is 5.35. The van der Waals surface area contributed by atoms with Gasteiger partial charge in [0.15, 0.2) is 0 Å². The molecule has 0 unspecified atom stereocenters. The number of nitrogens with one attached hydrogen (secondary N) is 1. The zero-order valence-electron chi connectivity index (χ0n) is 16.0. The Kier molecular flexibility index (Phi) is 6.58. The molecular weight excluding hydrogens is 454 g/mol. The van der Waals surface area contributed by atoms with Crippen LogP contribution in [-0.4, -0.2) is 20.1 Å². The Labute approximate surface area is 181 Å². The number of nitrogens with zero attached hydrogens (tertiary/aromatic N) is 2. The van der Waals surface area contributed by atoms with Crippen molar-refractivity contribution in [3.8, 4) is 23.6 Å². The van der Waals surface area contributed by atoms with E-state index in [0.717, 1.165) is 36.1 Å². The lowest BCUT2D eigenvalue weighted by Crippen LogP contribution is -2.13. The normalized spacial score (nSPS) is 13.1. The molecule has 8 heteroatoms. The van der Waals surface area contributed by atoms with E-state index in [4.69, 9.17) is 9.47 Å². The SMILES string of the molecule is COc1cc(OC)c(/C=C(\C#N)C(=O)Nc2sc3c(c2C#N)CCCC3)cc1Br. The summed E-state index contributed by atoms with van der Waals surface area (Å²) in [6, 6.07) is 7.53. The largest absolute Gasteiger partial charge is 0.496 e. The molecule has 1 heterocycles. The van der Waals surface area contributed by atoms with E-state index < -0.39 is 5.91 Å². The number of fused-ring (bicyclic) bond motifs is 1. The first kappa shape index (κ1) is 20.9. The molecule has 6 nitrogen and oxygen atoms in total. The number of aryl methyl sites for hydroxylation is 1. The van der Waals surface area contributed by atoms with Crippen LogP contribution in [0.3, 0.4) is 0 Å². The van der Waals surface area contributed by atoms with Crippen molar-refractivity contribution in [3.63, 3.8) is 0 Å². The third kappa shape index (κ3) is 4.29. The minimum atomic E-state index is -0.559. The number of halogens is 1. The van der Waals surface area contributed by atoms with Crippen LogP contribution in [0.4, 0.5) is 5.00 Å². The molecule has 0 aliphatic heterocycles. The summed E-state index contributed by atoms with van der Waals surface area (Å²) in [5, 5.41) is 22.3. The van der Waals surface area contributed by atoms with Crippen LogP contribution in [0.2, 0.25) is 0 Å². The number of benzene rings is 1. The van der Waals surface area contributed by atoms with Gasteiger partial charge in [-0.1, -0.05) is 0 Å². The minimum Gasteiger partial charge on any atom is -0.496 e. The summed E-state index contributed by atoms with van der Waals surface area (Å²) in [5.41, 5.74) is 2.01. The fraction of sp³-hybridized carbons (Fsp3) is 0.286. The maximum atomic E-state index is 12.8. The number of carbonyl (C=O) groups excluding carboxylic acids is 1. The van der Waals surface area contributed by atoms with E-state index in [2.05, 4.69) is 27.3 Å². The Morgan fingerprint density at radius 3 is 2.59 bits per heavy atom. The van der Waals surface area contributed by atoms with Gasteiger partial charge in [-0.05, 0) is 59.3 Å². The van der Waals surface area contributed by atoms with Crippen LogP contribution in [0.5, 0.6) is 11.5 Å². The second kappa shape index (κ2) is 9.13. The quantitative estimate of drug-likeness (QED) is 0.497. The first-order valence-electron chi connectivity index (χ1n) is 8.91. The number of hydrogen-bond acceptors (Lipinski definition) is 6. The van der Waals surface area contributed by atoms with Crippen molar-refractivity contribution >= 4 is 44.3 Å². The number of thiophene rings is 1. The Bertz CT molecular complexity index is 1080. The van der Waals surface area contributed by atoms with Gasteiger partial charge >= 0.3 is 0 Å². The molecule has 0 fully saturated rings. The van der Waals surface area contributed by atoms with Gasteiger partial charge in [0, 0.05) is 16.5 Å². The number of rotatable bonds is 5. The Hall–Kier alpha value is -2.81. The lowest BCUT2D eigenvalue weighted by molar-refractivity contribution is -0.112. The second-order valence-electron chi connectivity index (χ2n) is 6.38. The summed E-state index contributed by atoms with van der Waals surface area (Å²) in [6.45, 7) is 0. The first-order chi connectivity index (χ1) is 14.0. The molecule has 1 aromatic carbocycles. The molecule has 1 amide bonds. The highest BCUT2D eigenvalue weighted by Gasteiger charge is 2.23. The van der Waals surface area contributed by atoms with Crippen molar-refractivity contribution in [2.75, 3.05) is 19.5 Å². The smallest absolute Gasteiger partial charge is 0.266 e. The van der Waals surface area contributed by atoms with Gasteiger partial charge in [0.1, 0.15) is 34.2 Å². The van der Waals surface area contributed by atoms with Gasteiger partial charge in [0.05, 0.1) is 24.3 Å². The third-order valence-corrected chi connectivity index (χ3v) is 6.51. The highest BCUT2D eigenvalue weighted by Crippen LogP contribution is 2.38. The Morgan fingerprint density at radius 1 is 1.21 bits per heavy atom. The van der Waals surface area contributed by atoms with Crippen molar-refractivity contribution in [3.05, 3.63) is 43.7 Å². The van der Waals surface area contributed by atoms with Gasteiger partial charge in [0.25, 0.3) is 5.91 Å². The maximum absolute atomic E-state index is 12.8. The van der Waals surface area contributed by atoms with Crippen LogP contribution >= 0.6 is 27.3 Å². The molecule has 1 N–H and O–H groups in total. The third-order valence-electron chi connectivity index (χ3n) is 4.68. The average Bonchev–Trinajstić information content (AvgIpc) is 3.08. The predicted molar refractivity (Wildman–Crippen MR) is 115 cm³/mol. The van der Waals surface area contributed by atoms with Gasteiger partial charge in [-0.2, -0.15) is 10.5 Å². The lowest BCUT2D eigenvalue weighted by atomic mass is 9.96. The molecular formula is C21H18BrN3O3S. The van der Waals surface area contributed by atoms with Crippen molar-refractivity contribution < 1.29 is 14.3 Å². The Balaban J connectivity index is 1.93. The molecule has 0 radical (unpaired) electrons. The van der Waals surface area contributed by atoms with Gasteiger partial charge in [-0.3, -0.25) is 4.79 Å². The fourth-order valence-electron chi connectivity index (χ4n) is 3.24. The fourth-order valence-corrected chi connectivity index (χ4v) is 5.00. The second-order valence-corrected chi connectivity index (χ2v) is 8.34. The predicted octanol–water partition coefficient (Wildman–Crippen LogP) is 4.82. The number of hydrogen-bond donors (Lipinski definition) is 1. The van der Waals surface area contributed by atoms with E-state index in [-0.39, 0.29) is 5.57 Å². The van der Waals surface area contributed by atoms with Crippen LogP contribution in [0.15, 0.2) is 22.2 Å². The van der Waals surface area contributed by atoms with Gasteiger partial charge < -0.3 is 14.8 Å². The minimum absolute atomic E-state index is 0.0874. The number of methoxy groups -OCH3 is 2. The maximum Gasteiger partial charge on any atom is 0.266 e. The van der Waals surface area contributed by atoms with Crippen LogP contribution in [0.1, 0.15) is 34.4 Å². The first-order valence-corrected chi connectivity index (χ1v) is 10.5. The average molecular weight is 472 g/mol. The van der Waals surface area contributed by atoms with Crippen molar-refractivity contribution in [2.45, 2.75) is 25.7 Å². The van der Waals surface area contributed by atoms with Gasteiger partial charge in [-0.15, -0.1) is 11.3 Å². The summed E-state index contributed by atoms with van der Waals surface area (Å²) in [5.74, 6) is 0.483. The van der Waals surface area contributed by atoms with E-state index >= 15 is 0 Å². The van der Waals surface area contributed by atoms with Crippen molar-refractivity contribution in [2.24, 2.45) is 0 Å². The van der Waals surface area contributed by atoms with Crippen molar-refractivity contribution in [1.29, 1.82) is 10.5 Å². The molecule has 3 rings (SSSR count). The zero-order valence-corrected chi connectivity index (χ0v) is 18.4. The summed E-state index contributed by atoms with van der Waals surface area (Å²) < 4.78 is 11.3. The molecule has 0 saturated heterocycles. The van der Waals surface area contributed by atoms with Crippen LogP contribution in [-0.2, 0) is 17.6 Å². The van der Waals surface area contributed by atoms with Gasteiger partial charge in [-0.25, -0.2) is 0 Å². The van der Waals surface area contributed by atoms with Crippen LogP contribution < -0.4 is 14.8 Å². The van der Waals surface area contributed by atoms with E-state index in [1.165, 1.54) is 31.6 Å². The van der Waals surface area contributed by atoms with Crippen LogP contribution in [0, 0.1) is 22.7 Å². The number of anilines is 1. The highest BCUT2D eigenvalue weighted by atomic mass is 79.9. The molecule has 29 heavy (non-hydrogen) atoms. The van der Waals surface area contributed by atoms with Gasteiger partial charge in [0.2, 0.25) is 0 Å². The van der Waals surface area contributed by atoms with Crippen LogP contribution in [0.25, 0.3) is 6.08 Å². The number of nitriles is 2. The number of ether oxygens (including phenoxy) is 2. The molecule has 0 bridgehead atoms. The Morgan fingerprint density at radius 2 is 1.93 bits per heavy atom. The molecule has 1 aliphatic rings. The standard InChI is InChI=1S/C21H18BrN3O3S/c1-27-17-9-18(28-2)16(22)8-12(17)7-13(10-23)20(26)25-21-15(11-24)14-5-3-4-6-19(14)29-21/h7-9H,3-6H2,1-2H3,(H,25,26)/b13-7+. The summed E-state index contributed by atoms with van der Waals surface area (Å²) in [7, 11) is 3.04. The topological polar surface area (TPSA) is 95.1 Å². The van der Waals surface area contributed by atoms with Crippen molar-refractivity contribution in [1.82, 2.24) is 0 Å². The molecule has 1 aromatic heterocycles. The molecule has 0 saturated carbocycles. The summed E-state index contributed by atoms with van der Waals surface area (Å²) >= 11 is 4.82. The molecule has 0 atom stereocenters. The van der Waals surface area contributed by atoms with E-state index in [9.17, 15) is 15.3 Å². The molecule has 0 spiro atoms. The zero-order chi connectivity index (χ0) is 21.0. The highest BCUT2D eigenvalue weighted by molar-refractivity contribution is 9.10. The molecule has 1 aliphatic carbocycles. The van der Waals surface area contributed by atoms with E-state index in [1.54, 1.807) is 12.1 Å². The molecule has 2 aromatic rings. The van der Waals surface area contributed by atoms with E-state index in [1.807, 2.05) is 6.07 Å². The molecule has 148 valence electrons. The van der Waals surface area contributed by atoms with E-state index in [0.29, 0.717) is 32.1 Å². The number of carbonyl (C=O) groups is 1.